The molecular weight excluding hydrogens is 488 g/mol. The summed E-state index contributed by atoms with van der Waals surface area (Å²) in [4.78, 5) is 43.3. The molecule has 0 aromatic heterocycles. The number of rotatable bonds is 11. The maximum atomic E-state index is 11.7. The zero-order chi connectivity index (χ0) is 26.1. The van der Waals surface area contributed by atoms with Crippen LogP contribution in [0.15, 0.2) is 34.5 Å². The van der Waals surface area contributed by atoms with E-state index < -0.39 is 38.8 Å². The van der Waals surface area contributed by atoms with Gasteiger partial charge in [0.1, 0.15) is 11.4 Å². The first-order valence-electron chi connectivity index (χ1n) is 9.94. The summed E-state index contributed by atoms with van der Waals surface area (Å²) in [5, 5.41) is 35.5. The van der Waals surface area contributed by atoms with Gasteiger partial charge in [-0.1, -0.05) is 11.6 Å². The highest BCUT2D eigenvalue weighted by atomic mass is 35.5. The van der Waals surface area contributed by atoms with Crippen LogP contribution in [0.4, 0.5) is 34.1 Å². The summed E-state index contributed by atoms with van der Waals surface area (Å²) < 4.78 is 10.2. The predicted octanol–water partition coefficient (Wildman–Crippen LogP) is 4.90. The van der Waals surface area contributed by atoms with Crippen LogP contribution in [0, 0.1) is 20.2 Å². The normalized spacial score (nSPS) is 10.6. The number of carbonyl (C=O) groups excluding carboxylic acids is 2. The van der Waals surface area contributed by atoms with Crippen LogP contribution in [0.1, 0.15) is 20.3 Å². The lowest BCUT2D eigenvalue weighted by atomic mass is 10.2. The molecule has 0 spiro atoms. The van der Waals surface area contributed by atoms with Gasteiger partial charge in [-0.25, -0.2) is 0 Å². The Balaban J connectivity index is 2.44. The summed E-state index contributed by atoms with van der Waals surface area (Å²) in [5.41, 5.74) is -0.936. The topological polar surface area (TPSA) is 188 Å². The van der Waals surface area contributed by atoms with Crippen LogP contribution < -0.4 is 15.4 Å². The maximum absolute atomic E-state index is 11.7. The molecule has 0 fully saturated rings. The molecule has 35 heavy (non-hydrogen) atoms. The first-order valence-corrected chi connectivity index (χ1v) is 10.3. The van der Waals surface area contributed by atoms with Crippen LogP contribution in [-0.4, -0.2) is 42.0 Å². The molecule has 0 heterocycles. The van der Waals surface area contributed by atoms with Gasteiger partial charge in [0, 0.05) is 32.5 Å². The zero-order valence-corrected chi connectivity index (χ0v) is 19.6. The van der Waals surface area contributed by atoms with Gasteiger partial charge in [0.05, 0.1) is 46.0 Å². The number of benzene rings is 2. The second-order valence-electron chi connectivity index (χ2n) is 6.88. The third-order valence-electron chi connectivity index (χ3n) is 4.26. The largest absolute Gasteiger partial charge is 0.495 e. The third-order valence-corrected chi connectivity index (χ3v) is 4.55. The molecule has 0 saturated carbocycles. The van der Waals surface area contributed by atoms with Crippen LogP contribution >= 0.6 is 11.6 Å². The van der Waals surface area contributed by atoms with Crippen molar-refractivity contribution in [3.8, 4) is 5.75 Å². The number of nitro benzene ring substituents is 2. The number of nitrogens with one attached hydrogen (secondary N) is 2. The fourth-order valence-corrected chi connectivity index (χ4v) is 3.02. The average molecular weight is 509 g/mol. The van der Waals surface area contributed by atoms with Gasteiger partial charge in [0.25, 0.3) is 5.69 Å². The maximum Gasteiger partial charge on any atom is 0.305 e. The molecule has 0 atom stereocenters. The number of azo groups is 1. The predicted molar refractivity (Wildman–Crippen MR) is 126 cm³/mol. The second kappa shape index (κ2) is 12.2. The molecule has 15 heteroatoms. The molecule has 0 saturated heterocycles. The van der Waals surface area contributed by atoms with Crippen molar-refractivity contribution < 1.29 is 28.9 Å². The quantitative estimate of drug-likeness (QED) is 0.140. The number of nitro groups is 2. The highest BCUT2D eigenvalue weighted by Gasteiger charge is 2.24. The first-order chi connectivity index (χ1) is 16.5. The van der Waals surface area contributed by atoms with Crippen LogP contribution in [0.3, 0.4) is 0 Å². The summed E-state index contributed by atoms with van der Waals surface area (Å²) >= 11 is 6.00. The lowest BCUT2D eigenvalue weighted by Crippen LogP contribution is -2.10. The van der Waals surface area contributed by atoms with Gasteiger partial charge >= 0.3 is 11.7 Å². The van der Waals surface area contributed by atoms with Crippen molar-refractivity contribution in [3.05, 3.63) is 49.5 Å². The van der Waals surface area contributed by atoms with Crippen molar-refractivity contribution in [3.63, 3.8) is 0 Å². The summed E-state index contributed by atoms with van der Waals surface area (Å²) in [7, 11) is 1.40. The number of non-ortho nitro benzene ring substituents is 1. The molecule has 0 aliphatic carbocycles. The van der Waals surface area contributed by atoms with Crippen LogP contribution in [0.5, 0.6) is 5.75 Å². The van der Waals surface area contributed by atoms with Gasteiger partial charge < -0.3 is 20.1 Å². The minimum Gasteiger partial charge on any atom is -0.495 e. The Morgan fingerprint density at radius 2 is 1.77 bits per heavy atom. The molecule has 0 bridgehead atoms. The lowest BCUT2D eigenvalue weighted by Gasteiger charge is -2.15. The van der Waals surface area contributed by atoms with Crippen LogP contribution in [0.25, 0.3) is 0 Å². The zero-order valence-electron chi connectivity index (χ0n) is 18.9. The molecule has 186 valence electrons. The minimum absolute atomic E-state index is 0.0752. The molecule has 0 aliphatic heterocycles. The number of methoxy groups -OCH3 is 1. The second-order valence-corrected chi connectivity index (χ2v) is 7.29. The van der Waals surface area contributed by atoms with Crippen molar-refractivity contribution in [2.24, 2.45) is 10.2 Å². The number of nitrogens with zero attached hydrogens (tertiary/aromatic N) is 4. The number of hydrogen-bond acceptors (Lipinski definition) is 11. The highest BCUT2D eigenvalue weighted by Crippen LogP contribution is 2.42. The Morgan fingerprint density at radius 3 is 2.34 bits per heavy atom. The van der Waals surface area contributed by atoms with E-state index in [0.717, 1.165) is 12.1 Å². The summed E-state index contributed by atoms with van der Waals surface area (Å²) in [5.74, 6) is -0.504. The van der Waals surface area contributed by atoms with Crippen LogP contribution in [0.2, 0.25) is 5.02 Å². The number of halogens is 1. The number of ether oxygens (including phenoxy) is 2. The minimum atomic E-state index is -0.870. The molecular formula is C20H21ClN6O8. The highest BCUT2D eigenvalue weighted by molar-refractivity contribution is 6.33. The number of esters is 1. The van der Waals surface area contributed by atoms with E-state index >= 15 is 0 Å². The van der Waals surface area contributed by atoms with Crippen molar-refractivity contribution in [1.29, 1.82) is 0 Å². The molecule has 0 aliphatic rings. The Morgan fingerprint density at radius 1 is 1.06 bits per heavy atom. The van der Waals surface area contributed by atoms with Gasteiger partial charge in [-0.05, 0) is 12.5 Å². The smallest absolute Gasteiger partial charge is 0.305 e. The Hall–Kier alpha value is -4.33. The number of anilines is 2. The Bertz CT molecular complexity index is 1190. The fraction of sp³-hybridized carbons (Fsp3) is 0.300. The molecule has 2 aromatic rings. The van der Waals surface area contributed by atoms with E-state index in [9.17, 15) is 29.8 Å². The number of hydrogen-bond donors (Lipinski definition) is 2. The molecule has 0 unspecified atom stereocenters. The standard InChI is InChI=1S/C20H21ClN6O8/c1-11(28)23-15-9-17(22-5-4-6-35-12(2)29)19(34-3)10-16(15)24-25-20-14(21)7-13(26(30)31)8-18(20)27(32)33/h7-10,22H,4-6H2,1-3H3,(H,23,28). The molecule has 0 radical (unpaired) electrons. The van der Waals surface area contributed by atoms with Crippen LogP contribution in [-0.2, 0) is 14.3 Å². The summed E-state index contributed by atoms with van der Waals surface area (Å²) in [6.07, 6.45) is 0.502. The Labute approximate surface area is 203 Å². The number of carbonyl (C=O) groups is 2. The van der Waals surface area contributed by atoms with E-state index in [1.807, 2.05) is 0 Å². The van der Waals surface area contributed by atoms with E-state index in [1.54, 1.807) is 0 Å². The van der Waals surface area contributed by atoms with Crippen molar-refractivity contribution >= 4 is 57.6 Å². The van der Waals surface area contributed by atoms with Gasteiger partial charge in [0.15, 0.2) is 5.69 Å². The van der Waals surface area contributed by atoms with E-state index in [2.05, 4.69) is 20.9 Å². The Kier molecular flexibility index (Phi) is 9.40. The van der Waals surface area contributed by atoms with E-state index in [1.165, 1.54) is 33.1 Å². The van der Waals surface area contributed by atoms with Gasteiger partial charge in [-0.15, -0.1) is 10.2 Å². The van der Waals surface area contributed by atoms with Crippen molar-refractivity contribution in [1.82, 2.24) is 0 Å². The molecule has 2 aromatic carbocycles. The SMILES string of the molecule is COc1cc(N=Nc2c(Cl)cc([N+](=O)[O-])cc2[N+](=O)[O-])c(NC(C)=O)cc1NCCCOC(C)=O. The van der Waals surface area contributed by atoms with E-state index in [-0.39, 0.29) is 23.0 Å². The first kappa shape index (κ1) is 26.9. The van der Waals surface area contributed by atoms with Gasteiger partial charge in [-0.3, -0.25) is 29.8 Å². The number of amides is 1. The summed E-state index contributed by atoms with van der Waals surface area (Å²) in [6, 6.07) is 4.58. The van der Waals surface area contributed by atoms with E-state index in [4.69, 9.17) is 21.1 Å². The van der Waals surface area contributed by atoms with Crippen molar-refractivity contribution in [2.45, 2.75) is 20.3 Å². The average Bonchev–Trinajstić information content (AvgIpc) is 2.77. The monoisotopic (exact) mass is 508 g/mol. The summed E-state index contributed by atoms with van der Waals surface area (Å²) in [6.45, 7) is 3.20. The van der Waals surface area contributed by atoms with Gasteiger partial charge in [-0.2, -0.15) is 0 Å². The van der Waals surface area contributed by atoms with Gasteiger partial charge in [0.2, 0.25) is 5.91 Å². The molecule has 2 rings (SSSR count). The molecule has 14 nitrogen and oxygen atoms in total. The fourth-order valence-electron chi connectivity index (χ4n) is 2.78. The third kappa shape index (κ3) is 7.60. The molecule has 2 N–H and O–H groups in total. The van der Waals surface area contributed by atoms with E-state index in [0.29, 0.717) is 24.4 Å². The van der Waals surface area contributed by atoms with Crippen molar-refractivity contribution in [2.75, 3.05) is 30.9 Å². The molecule has 1 amide bonds. The lowest BCUT2D eigenvalue weighted by molar-refractivity contribution is -0.393.